The first-order chi connectivity index (χ1) is 31.3. The van der Waals surface area contributed by atoms with Crippen molar-refractivity contribution in [2.45, 2.75) is 184 Å². The Morgan fingerprint density at radius 3 is 1.79 bits per heavy atom. The Morgan fingerprint density at radius 2 is 1.17 bits per heavy atom. The number of esters is 2. The second kappa shape index (κ2) is 35.4. The number of allylic oxidation sites excluding steroid dienone is 9. The first-order valence-corrected chi connectivity index (χ1v) is 25.8. The topological polar surface area (TPSA) is 317 Å². The van der Waals surface area contributed by atoms with Crippen LogP contribution in [0.1, 0.15) is 123 Å². The van der Waals surface area contributed by atoms with Crippen LogP contribution in [0.25, 0.3) is 0 Å². The zero-order valence-corrected chi connectivity index (χ0v) is 40.0. The van der Waals surface area contributed by atoms with Gasteiger partial charge in [-0.1, -0.05) is 125 Å². The highest BCUT2D eigenvalue weighted by molar-refractivity contribution is 7.47. The van der Waals surface area contributed by atoms with Gasteiger partial charge in [0.1, 0.15) is 43.2 Å². The summed E-state index contributed by atoms with van der Waals surface area (Å²) in [4.78, 5) is 54.2. The van der Waals surface area contributed by atoms with Crippen LogP contribution in [0.4, 0.5) is 0 Å². The molecule has 0 aromatic heterocycles. The molecule has 1 aliphatic carbocycles. The molecule has 21 heteroatoms. The Bertz CT molecular complexity index is 1610. The number of unbranched alkanes of at least 4 members (excludes halogenated alkanes) is 9. The third-order valence-electron chi connectivity index (χ3n) is 10.1. The third-order valence-corrected chi connectivity index (χ3v) is 11.6. The summed E-state index contributed by atoms with van der Waals surface area (Å²) in [6.07, 6.45) is 15.0. The van der Waals surface area contributed by atoms with Crippen LogP contribution in [-0.2, 0) is 41.8 Å². The van der Waals surface area contributed by atoms with Crippen molar-refractivity contribution in [3.8, 4) is 0 Å². The second-order valence-electron chi connectivity index (χ2n) is 16.0. The Kier molecular flexibility index (Phi) is 32.9. The molecule has 380 valence electrons. The van der Waals surface area contributed by atoms with Crippen molar-refractivity contribution in [2.24, 2.45) is 0 Å². The second-order valence-corrected chi connectivity index (χ2v) is 18.5. The highest BCUT2D eigenvalue weighted by Gasteiger charge is 2.54. The van der Waals surface area contributed by atoms with Crippen molar-refractivity contribution in [3.05, 3.63) is 72.9 Å². The van der Waals surface area contributed by atoms with Crippen molar-refractivity contribution in [1.82, 2.24) is 0 Å². The average Bonchev–Trinajstić information content (AvgIpc) is 3.26. The highest BCUT2D eigenvalue weighted by atomic mass is 31.2. The van der Waals surface area contributed by atoms with E-state index < -0.39 is 102 Å². The largest absolute Gasteiger partial charge is 0.472 e. The Balaban J connectivity index is 2.78. The van der Waals surface area contributed by atoms with Gasteiger partial charge in [-0.2, -0.15) is 0 Å². The maximum atomic E-state index is 13.0. The van der Waals surface area contributed by atoms with Crippen molar-refractivity contribution >= 4 is 27.6 Å². The number of aliphatic hydroxyl groups is 7. The minimum absolute atomic E-state index is 0.0175. The summed E-state index contributed by atoms with van der Waals surface area (Å²) in [5, 5.41) is 71.8. The molecular formula is C45H76O19P2. The normalized spacial score (nSPS) is 23.6. The van der Waals surface area contributed by atoms with Crippen LogP contribution in [0.3, 0.4) is 0 Å². The SMILES string of the molecule is CC/C=C\C[C@H](O)/C=C/C=C/C=C\C=C/[C@@H](O)[C@H](O)CCCC(=O)O[C@H](COC(=O)CCCCCCC/C=C\CCCCCC)COP(=O)(O)O[C@H]1C(O)C(O)C(O)[C@@H](OP(=O)(O)O)C1O. The van der Waals surface area contributed by atoms with E-state index in [1.54, 1.807) is 36.5 Å². The fraction of sp³-hybridized carbons (Fsp3) is 0.689. The summed E-state index contributed by atoms with van der Waals surface area (Å²) < 4.78 is 49.0. The molecule has 0 amide bonds. The maximum Gasteiger partial charge on any atom is 0.472 e. The van der Waals surface area contributed by atoms with Gasteiger partial charge in [-0.05, 0) is 57.8 Å². The van der Waals surface area contributed by atoms with Gasteiger partial charge in [0.2, 0.25) is 0 Å². The quantitative estimate of drug-likeness (QED) is 0.0130. The van der Waals surface area contributed by atoms with Crippen molar-refractivity contribution in [1.29, 1.82) is 0 Å². The fourth-order valence-corrected chi connectivity index (χ4v) is 7.96. The third kappa shape index (κ3) is 29.3. The van der Waals surface area contributed by atoms with E-state index in [2.05, 4.69) is 23.6 Å². The molecule has 0 aliphatic heterocycles. The summed E-state index contributed by atoms with van der Waals surface area (Å²) in [5.41, 5.74) is 0. The highest BCUT2D eigenvalue weighted by Crippen LogP contribution is 2.49. The monoisotopic (exact) mass is 982 g/mol. The Labute approximate surface area is 389 Å². The van der Waals surface area contributed by atoms with E-state index in [9.17, 15) is 59.4 Å². The number of hydrogen-bond acceptors (Lipinski definition) is 16. The molecule has 10 N–H and O–H groups in total. The number of rotatable bonds is 36. The van der Waals surface area contributed by atoms with Gasteiger partial charge in [0.25, 0.3) is 0 Å². The average molecular weight is 983 g/mol. The first kappa shape index (κ1) is 61.3. The van der Waals surface area contributed by atoms with E-state index in [1.165, 1.54) is 37.8 Å². The van der Waals surface area contributed by atoms with Gasteiger partial charge < -0.3 is 59.9 Å². The molecule has 5 unspecified atom stereocenters. The van der Waals surface area contributed by atoms with Crippen LogP contribution < -0.4 is 0 Å². The van der Waals surface area contributed by atoms with E-state index in [0.29, 0.717) is 12.8 Å². The lowest BCUT2D eigenvalue weighted by Crippen LogP contribution is -2.64. The molecule has 0 radical (unpaired) electrons. The fourth-order valence-electron chi connectivity index (χ4n) is 6.42. The maximum absolute atomic E-state index is 13.0. The Hall–Kier alpha value is -2.68. The van der Waals surface area contributed by atoms with Crippen LogP contribution in [0.5, 0.6) is 0 Å². The van der Waals surface area contributed by atoms with E-state index in [-0.39, 0.29) is 25.7 Å². The molecule has 0 aromatic carbocycles. The molecule has 1 fully saturated rings. The lowest BCUT2D eigenvalue weighted by Gasteiger charge is -2.43. The van der Waals surface area contributed by atoms with Crippen LogP contribution in [0, 0.1) is 0 Å². The molecule has 0 aromatic rings. The summed E-state index contributed by atoms with van der Waals surface area (Å²) in [6, 6.07) is 0. The summed E-state index contributed by atoms with van der Waals surface area (Å²) in [6.45, 7) is 2.58. The van der Waals surface area contributed by atoms with Gasteiger partial charge in [0.15, 0.2) is 6.10 Å². The molecule has 0 spiro atoms. The van der Waals surface area contributed by atoms with Crippen molar-refractivity contribution < 1.29 is 92.2 Å². The first-order valence-electron chi connectivity index (χ1n) is 22.8. The molecule has 66 heavy (non-hydrogen) atoms. The van der Waals surface area contributed by atoms with E-state index in [0.717, 1.165) is 44.9 Å². The molecule has 0 bridgehead atoms. The summed E-state index contributed by atoms with van der Waals surface area (Å²) in [5.74, 6) is -1.56. The number of hydrogen-bond donors (Lipinski definition) is 10. The Morgan fingerprint density at radius 1 is 0.606 bits per heavy atom. The van der Waals surface area contributed by atoms with Gasteiger partial charge >= 0.3 is 27.6 Å². The van der Waals surface area contributed by atoms with Gasteiger partial charge in [0, 0.05) is 12.8 Å². The van der Waals surface area contributed by atoms with Crippen molar-refractivity contribution in [3.63, 3.8) is 0 Å². The molecule has 0 saturated heterocycles. The molecular weight excluding hydrogens is 906 g/mol. The molecule has 19 nitrogen and oxygen atoms in total. The number of phosphoric acid groups is 2. The van der Waals surface area contributed by atoms with E-state index >= 15 is 0 Å². The minimum atomic E-state index is -5.41. The van der Waals surface area contributed by atoms with Gasteiger partial charge in [-0.3, -0.25) is 23.2 Å². The lowest BCUT2D eigenvalue weighted by atomic mass is 9.85. The number of carbonyl (C=O) groups excluding carboxylic acids is 2. The van der Waals surface area contributed by atoms with Gasteiger partial charge in [0.05, 0.1) is 24.9 Å². The number of phosphoric ester groups is 2. The van der Waals surface area contributed by atoms with Crippen molar-refractivity contribution in [2.75, 3.05) is 13.2 Å². The molecule has 1 saturated carbocycles. The van der Waals surface area contributed by atoms with E-state index in [1.807, 2.05) is 19.1 Å². The minimum Gasteiger partial charge on any atom is -0.462 e. The summed E-state index contributed by atoms with van der Waals surface area (Å²) >= 11 is 0. The number of carbonyl (C=O) groups is 2. The predicted molar refractivity (Wildman–Crippen MR) is 245 cm³/mol. The molecule has 1 rings (SSSR count). The molecule has 11 atom stereocenters. The predicted octanol–water partition coefficient (Wildman–Crippen LogP) is 4.97. The van der Waals surface area contributed by atoms with Crippen LogP contribution in [0.15, 0.2) is 72.9 Å². The summed E-state index contributed by atoms with van der Waals surface area (Å²) in [7, 11) is -10.8. The van der Waals surface area contributed by atoms with Crippen LogP contribution in [0.2, 0.25) is 0 Å². The van der Waals surface area contributed by atoms with Crippen LogP contribution >= 0.6 is 15.6 Å². The number of aliphatic hydroxyl groups excluding tert-OH is 7. The van der Waals surface area contributed by atoms with Crippen LogP contribution in [-0.4, -0.2) is 137 Å². The molecule has 0 heterocycles. The standard InChI is InChI=1S/C45H76O19P2/c1-3-5-7-8-9-10-11-12-13-14-15-20-24-30-38(49)60-32-35(33-61-66(58,59)64-45-42(53)40(51)41(52)44(43(45)54)63-65(55,56)57)62-39(50)31-25-29-37(48)36(47)28-23-19-17-16-18-22-27-34(46)26-21-6-4-2/h6,10-11,16-19,21-23,27-28,34-37,40-48,51-54H,3-5,7-9,12-15,20,24-26,29-33H2,1-2H3,(H,58,59)(H2,55,56,57)/b11-10-,18-16+,19-17-,21-6-,27-22+,28-23-/t34-,35+,36+,37+,40?,41?,42?,43?,44+,45-/m0/s1. The zero-order valence-electron chi connectivity index (χ0n) is 38.2. The van der Waals surface area contributed by atoms with Gasteiger partial charge in [-0.15, -0.1) is 0 Å². The van der Waals surface area contributed by atoms with E-state index in [4.69, 9.17) is 28.3 Å². The zero-order chi connectivity index (χ0) is 49.4. The lowest BCUT2D eigenvalue weighted by molar-refractivity contribution is -0.216. The smallest absolute Gasteiger partial charge is 0.462 e. The van der Waals surface area contributed by atoms with Gasteiger partial charge in [-0.25, -0.2) is 9.13 Å². The molecule has 1 aliphatic rings. The number of ether oxygens (including phenoxy) is 2.